The molecule has 3 heteroatoms. The van der Waals surface area contributed by atoms with E-state index in [0.717, 1.165) is 50.8 Å². The molecule has 164 valence electrons. The number of carbonyl (C=O) groups is 1. The van der Waals surface area contributed by atoms with Gasteiger partial charge in [-0.3, -0.25) is 14.7 Å². The fraction of sp³-hybridized carbons (Fsp3) is 0.500. The highest BCUT2D eigenvalue weighted by Crippen LogP contribution is 2.40. The van der Waals surface area contributed by atoms with E-state index in [9.17, 15) is 4.79 Å². The van der Waals surface area contributed by atoms with E-state index in [-0.39, 0.29) is 11.3 Å². The van der Waals surface area contributed by atoms with Crippen molar-refractivity contribution in [3.05, 3.63) is 59.7 Å². The van der Waals surface area contributed by atoms with Crippen LogP contribution in [-0.4, -0.2) is 22.2 Å². The van der Waals surface area contributed by atoms with Crippen LogP contribution in [0.4, 0.5) is 0 Å². The van der Waals surface area contributed by atoms with Crippen LogP contribution >= 0.6 is 0 Å². The van der Waals surface area contributed by atoms with Crippen LogP contribution < -0.4 is 0 Å². The van der Waals surface area contributed by atoms with Crippen LogP contribution in [0.15, 0.2) is 53.5 Å². The molecule has 0 aromatic heterocycles. The number of hydrogen-bond donors (Lipinski definition) is 0. The summed E-state index contributed by atoms with van der Waals surface area (Å²) in [7, 11) is 0. The summed E-state index contributed by atoms with van der Waals surface area (Å²) in [5.74, 6) is 1.24. The highest BCUT2D eigenvalue weighted by Gasteiger charge is 2.49. The topological polar surface area (TPSA) is 32.7 Å². The lowest BCUT2D eigenvalue weighted by Crippen LogP contribution is -2.40. The Kier molecular flexibility index (Phi) is 6.05. The molecule has 1 saturated carbocycles. The molecule has 0 N–H and O–H groups in total. The van der Waals surface area contributed by atoms with Crippen LogP contribution in [0.5, 0.6) is 0 Å². The van der Waals surface area contributed by atoms with Crippen molar-refractivity contribution < 1.29 is 4.79 Å². The molecule has 31 heavy (non-hydrogen) atoms. The Bertz CT molecular complexity index is 959. The molecule has 0 saturated heterocycles. The van der Waals surface area contributed by atoms with Crippen molar-refractivity contribution >= 4 is 11.7 Å². The molecular weight excluding hydrogens is 380 g/mol. The Morgan fingerprint density at radius 2 is 1.68 bits per heavy atom. The van der Waals surface area contributed by atoms with Gasteiger partial charge in [0, 0.05) is 6.42 Å². The van der Waals surface area contributed by atoms with E-state index in [1.807, 2.05) is 4.90 Å². The molecule has 1 spiro atoms. The smallest absolute Gasteiger partial charge is 0.256 e. The summed E-state index contributed by atoms with van der Waals surface area (Å²) in [6.45, 7) is 9.60. The number of carbonyl (C=O) groups excluding carboxylic acids is 1. The molecule has 4 rings (SSSR count). The normalized spacial score (nSPS) is 18.1. The van der Waals surface area contributed by atoms with Crippen LogP contribution in [0.3, 0.4) is 0 Å². The van der Waals surface area contributed by atoms with Gasteiger partial charge in [0.1, 0.15) is 11.4 Å². The third-order valence-corrected chi connectivity index (χ3v) is 6.82. The second-order valence-corrected chi connectivity index (χ2v) is 10.3. The summed E-state index contributed by atoms with van der Waals surface area (Å²) < 4.78 is 0. The Morgan fingerprint density at radius 3 is 2.32 bits per heavy atom. The first-order valence-corrected chi connectivity index (χ1v) is 11.9. The second kappa shape index (κ2) is 8.61. The fourth-order valence-electron chi connectivity index (χ4n) is 5.06. The molecule has 0 unspecified atom stereocenters. The molecule has 2 aliphatic rings. The van der Waals surface area contributed by atoms with Gasteiger partial charge in [0.2, 0.25) is 0 Å². The van der Waals surface area contributed by atoms with Crippen LogP contribution in [0.2, 0.25) is 0 Å². The van der Waals surface area contributed by atoms with Gasteiger partial charge in [0.05, 0.1) is 6.54 Å². The van der Waals surface area contributed by atoms with Crippen LogP contribution in [0, 0.1) is 0 Å². The lowest BCUT2D eigenvalue weighted by atomic mass is 9.82. The first kappa shape index (κ1) is 21.8. The summed E-state index contributed by atoms with van der Waals surface area (Å²) >= 11 is 0. The number of amides is 1. The van der Waals surface area contributed by atoms with Crippen LogP contribution in [0.1, 0.15) is 83.8 Å². The Morgan fingerprint density at radius 1 is 1.00 bits per heavy atom. The first-order chi connectivity index (χ1) is 14.8. The summed E-state index contributed by atoms with van der Waals surface area (Å²) in [5.41, 5.74) is 4.69. The van der Waals surface area contributed by atoms with Crippen molar-refractivity contribution in [2.45, 2.75) is 90.1 Å². The number of unbranched alkanes of at least 4 members (excludes halogenated alkanes) is 1. The van der Waals surface area contributed by atoms with Crippen molar-refractivity contribution in [2.24, 2.45) is 4.99 Å². The van der Waals surface area contributed by atoms with Gasteiger partial charge >= 0.3 is 0 Å². The summed E-state index contributed by atoms with van der Waals surface area (Å²) in [5, 5.41) is 0. The van der Waals surface area contributed by atoms with E-state index in [1.54, 1.807) is 0 Å². The summed E-state index contributed by atoms with van der Waals surface area (Å²) in [6, 6.07) is 17.4. The maximum absolute atomic E-state index is 13.4. The zero-order chi connectivity index (χ0) is 22.1. The molecule has 2 aromatic rings. The Labute approximate surface area is 187 Å². The maximum atomic E-state index is 13.4. The number of benzene rings is 2. The molecule has 1 amide bonds. The Hall–Kier alpha value is -2.42. The molecule has 1 fully saturated rings. The fourth-order valence-corrected chi connectivity index (χ4v) is 5.06. The van der Waals surface area contributed by atoms with E-state index in [4.69, 9.17) is 4.99 Å². The second-order valence-electron chi connectivity index (χ2n) is 10.3. The monoisotopic (exact) mass is 416 g/mol. The lowest BCUT2D eigenvalue weighted by Gasteiger charge is -2.24. The van der Waals surface area contributed by atoms with Crippen molar-refractivity contribution in [2.75, 3.05) is 0 Å². The number of rotatable bonds is 6. The third-order valence-electron chi connectivity index (χ3n) is 6.82. The molecule has 0 radical (unpaired) electrons. The highest BCUT2D eigenvalue weighted by atomic mass is 16.2. The van der Waals surface area contributed by atoms with E-state index in [2.05, 4.69) is 76.2 Å². The Balaban J connectivity index is 1.57. The molecule has 1 aliphatic carbocycles. The standard InChI is InChI=1S/C28H36N2O/c1-5-6-13-25-29-28(18-9-10-19-28)26(31)30(25)20-21-14-16-22(17-15-21)23-11-7-8-12-24(23)27(2,3)4/h7-8,11-12,14-17H,5-6,9-10,13,18-20H2,1-4H3. The SMILES string of the molecule is CCCCC1=NC2(CCCC2)C(=O)N1Cc1ccc(-c2ccccc2C(C)(C)C)cc1. The quantitative estimate of drug-likeness (QED) is 0.504. The van der Waals surface area contributed by atoms with Crippen molar-refractivity contribution in [3.63, 3.8) is 0 Å². The highest BCUT2D eigenvalue weighted by molar-refractivity contribution is 6.08. The van der Waals surface area contributed by atoms with E-state index < -0.39 is 5.54 Å². The predicted octanol–water partition coefficient (Wildman–Crippen LogP) is 6.89. The van der Waals surface area contributed by atoms with Gasteiger partial charge in [-0.05, 0) is 46.9 Å². The molecule has 1 heterocycles. The average molecular weight is 417 g/mol. The molecule has 3 nitrogen and oxygen atoms in total. The number of hydrogen-bond acceptors (Lipinski definition) is 2. The molecule has 0 atom stereocenters. The predicted molar refractivity (Wildman–Crippen MR) is 129 cm³/mol. The minimum Gasteiger partial charge on any atom is -0.294 e. The van der Waals surface area contributed by atoms with E-state index in [1.165, 1.54) is 22.3 Å². The zero-order valence-corrected chi connectivity index (χ0v) is 19.6. The van der Waals surface area contributed by atoms with Gasteiger partial charge in [-0.25, -0.2) is 0 Å². The van der Waals surface area contributed by atoms with Crippen LogP contribution in [0.25, 0.3) is 11.1 Å². The molecular formula is C28H36N2O. The third kappa shape index (κ3) is 4.33. The van der Waals surface area contributed by atoms with Gasteiger partial charge in [0.25, 0.3) is 5.91 Å². The van der Waals surface area contributed by atoms with Crippen molar-refractivity contribution in [3.8, 4) is 11.1 Å². The van der Waals surface area contributed by atoms with E-state index in [0.29, 0.717) is 6.54 Å². The van der Waals surface area contributed by atoms with Gasteiger partial charge in [-0.2, -0.15) is 0 Å². The summed E-state index contributed by atoms with van der Waals surface area (Å²) in [6.07, 6.45) is 7.18. The van der Waals surface area contributed by atoms with Gasteiger partial charge < -0.3 is 0 Å². The number of aliphatic imine (C=N–C) groups is 1. The van der Waals surface area contributed by atoms with Gasteiger partial charge in [0.15, 0.2) is 0 Å². The summed E-state index contributed by atoms with van der Waals surface area (Å²) in [4.78, 5) is 20.4. The van der Waals surface area contributed by atoms with E-state index >= 15 is 0 Å². The first-order valence-electron chi connectivity index (χ1n) is 11.9. The minimum atomic E-state index is -0.450. The van der Waals surface area contributed by atoms with Crippen LogP contribution in [-0.2, 0) is 16.8 Å². The average Bonchev–Trinajstić information content (AvgIpc) is 3.33. The van der Waals surface area contributed by atoms with Gasteiger partial charge in [-0.15, -0.1) is 0 Å². The number of nitrogens with zero attached hydrogens (tertiary/aromatic N) is 2. The van der Waals surface area contributed by atoms with Crippen molar-refractivity contribution in [1.29, 1.82) is 0 Å². The largest absolute Gasteiger partial charge is 0.294 e. The molecule has 2 aromatic carbocycles. The number of amidine groups is 1. The minimum absolute atomic E-state index is 0.0947. The van der Waals surface area contributed by atoms with Crippen molar-refractivity contribution in [1.82, 2.24) is 4.90 Å². The molecule has 0 bridgehead atoms. The van der Waals surface area contributed by atoms with Gasteiger partial charge in [-0.1, -0.05) is 95.5 Å². The zero-order valence-electron chi connectivity index (χ0n) is 19.6. The lowest BCUT2D eigenvalue weighted by molar-refractivity contribution is -0.131. The maximum Gasteiger partial charge on any atom is 0.256 e. The molecule has 1 aliphatic heterocycles.